The van der Waals surface area contributed by atoms with Crippen molar-refractivity contribution in [2.75, 3.05) is 0 Å². The highest BCUT2D eigenvalue weighted by Gasteiger charge is 2.18. The van der Waals surface area contributed by atoms with Gasteiger partial charge in [-0.1, -0.05) is 38.4 Å². The number of azo groups is 1. The van der Waals surface area contributed by atoms with Crippen LogP contribution < -0.4 is 0 Å². The summed E-state index contributed by atoms with van der Waals surface area (Å²) in [4.78, 5) is 10.5. The number of nitro benzene ring substituents is 1. The quantitative estimate of drug-likeness (QED) is 0.421. The fourth-order valence-electron chi connectivity index (χ4n) is 2.11. The first-order valence-electron chi connectivity index (χ1n) is 7.29. The lowest BCUT2D eigenvalue weighted by atomic mass is 9.86. The lowest BCUT2D eigenvalue weighted by Gasteiger charge is -2.20. The maximum atomic E-state index is 11.1. The maximum Gasteiger partial charge on any atom is 0.298 e. The Hall–Kier alpha value is -2.47. The number of hydrogen-bond acceptors (Lipinski definition) is 5. The van der Waals surface area contributed by atoms with Gasteiger partial charge in [0.05, 0.1) is 4.92 Å². The van der Waals surface area contributed by atoms with Gasteiger partial charge in [-0.2, -0.15) is 0 Å². The molecule has 7 heteroatoms. The van der Waals surface area contributed by atoms with E-state index in [1.54, 1.807) is 13.0 Å². The lowest BCUT2D eigenvalue weighted by molar-refractivity contribution is -0.384. The first kappa shape index (κ1) is 17.9. The standard InChI is InChI=1S/C17H18ClN3O3/c1-10-7-11(17(2,3)4)8-14(16(10)22)20-19-13-6-5-12(18)9-15(13)21(23)24/h5-9,22H,1-4H3. The normalized spacial score (nSPS) is 11.9. The molecule has 0 fully saturated rings. The fourth-order valence-corrected chi connectivity index (χ4v) is 2.27. The Kier molecular flexibility index (Phi) is 4.89. The van der Waals surface area contributed by atoms with Gasteiger partial charge in [0.25, 0.3) is 5.69 Å². The van der Waals surface area contributed by atoms with Gasteiger partial charge < -0.3 is 5.11 Å². The van der Waals surface area contributed by atoms with Crippen LogP contribution in [-0.4, -0.2) is 10.0 Å². The van der Waals surface area contributed by atoms with Crippen molar-refractivity contribution in [2.24, 2.45) is 10.2 Å². The number of nitrogens with zero attached hydrogens (tertiary/aromatic N) is 3. The van der Waals surface area contributed by atoms with Crippen LogP contribution in [0.3, 0.4) is 0 Å². The number of rotatable bonds is 3. The zero-order valence-electron chi connectivity index (χ0n) is 13.9. The minimum absolute atomic E-state index is 0.00312. The molecule has 0 aliphatic heterocycles. The van der Waals surface area contributed by atoms with Gasteiger partial charge in [-0.25, -0.2) is 0 Å². The van der Waals surface area contributed by atoms with Crippen molar-refractivity contribution in [1.29, 1.82) is 0 Å². The molecule has 0 bridgehead atoms. The van der Waals surface area contributed by atoms with Crippen molar-refractivity contribution in [3.63, 3.8) is 0 Å². The van der Waals surface area contributed by atoms with Gasteiger partial charge >= 0.3 is 0 Å². The molecule has 0 atom stereocenters. The molecule has 0 saturated heterocycles. The zero-order valence-corrected chi connectivity index (χ0v) is 14.6. The lowest BCUT2D eigenvalue weighted by Crippen LogP contribution is -2.11. The molecule has 2 aromatic rings. The number of aryl methyl sites for hydroxylation is 1. The van der Waals surface area contributed by atoms with Crippen molar-refractivity contribution in [1.82, 2.24) is 0 Å². The summed E-state index contributed by atoms with van der Waals surface area (Å²) in [5.74, 6) is 0.00312. The highest BCUT2D eigenvalue weighted by Crippen LogP contribution is 2.38. The molecular weight excluding hydrogens is 330 g/mol. The number of halogens is 1. The Morgan fingerprint density at radius 3 is 2.33 bits per heavy atom. The summed E-state index contributed by atoms with van der Waals surface area (Å²) in [6.07, 6.45) is 0. The summed E-state index contributed by atoms with van der Waals surface area (Å²) < 4.78 is 0. The van der Waals surface area contributed by atoms with Crippen LogP contribution in [-0.2, 0) is 5.41 Å². The van der Waals surface area contributed by atoms with Gasteiger partial charge in [0.1, 0.15) is 11.4 Å². The van der Waals surface area contributed by atoms with Crippen LogP contribution in [0.4, 0.5) is 17.1 Å². The Labute approximate surface area is 145 Å². The average molecular weight is 348 g/mol. The fraction of sp³-hybridized carbons (Fsp3) is 0.294. The van der Waals surface area contributed by atoms with Crippen LogP contribution in [0.1, 0.15) is 31.9 Å². The summed E-state index contributed by atoms with van der Waals surface area (Å²) in [6.45, 7) is 7.91. The van der Waals surface area contributed by atoms with E-state index < -0.39 is 4.92 Å². The summed E-state index contributed by atoms with van der Waals surface area (Å²) in [5, 5.41) is 29.5. The minimum Gasteiger partial charge on any atom is -0.505 e. The number of phenols is 1. The predicted octanol–water partition coefficient (Wildman–Crippen LogP) is 5.98. The largest absolute Gasteiger partial charge is 0.505 e. The van der Waals surface area contributed by atoms with Crippen molar-refractivity contribution in [3.05, 3.63) is 56.6 Å². The van der Waals surface area contributed by atoms with E-state index in [0.29, 0.717) is 5.56 Å². The van der Waals surface area contributed by atoms with E-state index in [1.807, 2.05) is 26.8 Å². The molecule has 0 radical (unpaired) electrons. The van der Waals surface area contributed by atoms with Crippen LogP contribution in [0.25, 0.3) is 0 Å². The van der Waals surface area contributed by atoms with Gasteiger partial charge in [-0.05, 0) is 41.7 Å². The molecule has 0 spiro atoms. The third kappa shape index (κ3) is 3.89. The Morgan fingerprint density at radius 1 is 1.12 bits per heavy atom. The molecule has 24 heavy (non-hydrogen) atoms. The van der Waals surface area contributed by atoms with Crippen LogP contribution in [0, 0.1) is 17.0 Å². The van der Waals surface area contributed by atoms with E-state index in [9.17, 15) is 15.2 Å². The highest BCUT2D eigenvalue weighted by molar-refractivity contribution is 6.30. The molecule has 1 N–H and O–H groups in total. The molecule has 0 saturated carbocycles. The van der Waals surface area contributed by atoms with Crippen molar-refractivity contribution < 1.29 is 10.0 Å². The summed E-state index contributed by atoms with van der Waals surface area (Å²) in [6, 6.07) is 7.75. The van der Waals surface area contributed by atoms with E-state index in [1.165, 1.54) is 18.2 Å². The Bertz CT molecular complexity index is 827. The molecule has 0 aromatic heterocycles. The van der Waals surface area contributed by atoms with Crippen LogP contribution in [0.15, 0.2) is 40.6 Å². The van der Waals surface area contributed by atoms with E-state index >= 15 is 0 Å². The number of nitro groups is 1. The number of benzene rings is 2. The van der Waals surface area contributed by atoms with Crippen molar-refractivity contribution in [3.8, 4) is 5.75 Å². The highest BCUT2D eigenvalue weighted by atomic mass is 35.5. The number of aromatic hydroxyl groups is 1. The van der Waals surface area contributed by atoms with E-state index in [4.69, 9.17) is 11.6 Å². The molecule has 0 aliphatic rings. The summed E-state index contributed by atoms with van der Waals surface area (Å²) in [5.41, 5.74) is 1.62. The van der Waals surface area contributed by atoms with Gasteiger partial charge in [0.2, 0.25) is 0 Å². The zero-order chi connectivity index (χ0) is 18.1. The number of phenolic OH excluding ortho intramolecular Hbond substituents is 1. The molecule has 2 aromatic carbocycles. The van der Waals surface area contributed by atoms with Crippen LogP contribution >= 0.6 is 11.6 Å². The summed E-state index contributed by atoms with van der Waals surface area (Å²) in [7, 11) is 0. The average Bonchev–Trinajstić information content (AvgIpc) is 2.48. The third-order valence-electron chi connectivity index (χ3n) is 3.55. The van der Waals surface area contributed by atoms with Gasteiger partial charge in [-0.3, -0.25) is 10.1 Å². The van der Waals surface area contributed by atoms with Gasteiger partial charge in [-0.15, -0.1) is 10.2 Å². The molecule has 0 unspecified atom stereocenters. The predicted molar refractivity (Wildman–Crippen MR) is 93.8 cm³/mol. The molecule has 6 nitrogen and oxygen atoms in total. The van der Waals surface area contributed by atoms with Crippen molar-refractivity contribution >= 4 is 28.7 Å². The molecule has 2 rings (SSSR count). The molecule has 0 heterocycles. The molecular formula is C17H18ClN3O3. The third-order valence-corrected chi connectivity index (χ3v) is 3.78. The molecule has 0 amide bonds. The Morgan fingerprint density at radius 2 is 1.75 bits per heavy atom. The van der Waals surface area contributed by atoms with Gasteiger partial charge in [0.15, 0.2) is 5.69 Å². The molecule has 126 valence electrons. The van der Waals surface area contributed by atoms with Crippen molar-refractivity contribution in [2.45, 2.75) is 33.1 Å². The monoisotopic (exact) mass is 347 g/mol. The van der Waals surface area contributed by atoms with E-state index in [-0.39, 0.29) is 33.2 Å². The number of hydrogen-bond donors (Lipinski definition) is 1. The Balaban J connectivity index is 2.50. The second-order valence-corrected chi connectivity index (χ2v) is 6.94. The maximum absolute atomic E-state index is 11.1. The second kappa shape index (κ2) is 6.57. The SMILES string of the molecule is Cc1cc(C(C)(C)C)cc(N=Nc2ccc(Cl)cc2[N+](=O)[O-])c1O. The van der Waals surface area contributed by atoms with Crippen LogP contribution in [0.2, 0.25) is 5.02 Å². The minimum atomic E-state index is -0.573. The molecule has 0 aliphatic carbocycles. The van der Waals surface area contributed by atoms with E-state index in [2.05, 4.69) is 10.2 Å². The first-order valence-corrected chi connectivity index (χ1v) is 7.67. The topological polar surface area (TPSA) is 88.1 Å². The van der Waals surface area contributed by atoms with Gasteiger partial charge in [0, 0.05) is 11.1 Å². The van der Waals surface area contributed by atoms with Crippen LogP contribution in [0.5, 0.6) is 5.75 Å². The summed E-state index contributed by atoms with van der Waals surface area (Å²) >= 11 is 5.78. The van der Waals surface area contributed by atoms with E-state index in [0.717, 1.165) is 5.56 Å². The smallest absolute Gasteiger partial charge is 0.298 e. The first-order chi connectivity index (χ1) is 11.1. The second-order valence-electron chi connectivity index (χ2n) is 6.50.